The first kappa shape index (κ1) is 73.7. The number of carbonyl (C=O) groups excluding carboxylic acids is 3. The number of halogens is 1. The largest absolute Gasteiger partial charge is 0.492 e. The number of nitrogen functional groups attached to an aromatic ring is 1. The zero-order valence-electron chi connectivity index (χ0n) is 53.3. The number of thioether (sulfide) groups is 1. The molecule has 9 N–H and O–H groups in total. The number of rotatable bonds is 24. The van der Waals surface area contributed by atoms with Gasteiger partial charge in [0.1, 0.15) is 36.6 Å². The highest BCUT2D eigenvalue weighted by atomic mass is 127. The van der Waals surface area contributed by atoms with Gasteiger partial charge in [0.2, 0.25) is 17.2 Å². The fourth-order valence-corrected chi connectivity index (χ4v) is 16.1. The summed E-state index contributed by atoms with van der Waals surface area (Å²) in [6.45, 7) is 13.5. The second-order valence-corrected chi connectivity index (χ2v) is 28.5. The third-order valence-corrected chi connectivity index (χ3v) is 22.5. The molecule has 4 fully saturated rings. The van der Waals surface area contributed by atoms with Crippen molar-refractivity contribution in [1.29, 1.82) is 0 Å². The molecule has 8 rings (SSSR count). The molecule has 2 aromatic rings. The average Bonchev–Trinajstić information content (AvgIpc) is 0.763. The molecular weight excluding hydrogens is 1370 g/mol. The van der Waals surface area contributed by atoms with Crippen molar-refractivity contribution in [1.82, 2.24) is 10.8 Å². The number of Topliss-reactive ketones (excluding diaryl/α,β-unsaturated/α-hetero) is 1. The number of hydrogen-bond acceptors (Lipinski definition) is 27. The molecule has 0 radical (unpaired) electrons. The first-order valence-electron chi connectivity index (χ1n) is 30.1. The molecule has 506 valence electrons. The zero-order chi connectivity index (χ0) is 66.9. The summed E-state index contributed by atoms with van der Waals surface area (Å²) in [6.07, 6.45) is -13.3. The summed E-state index contributed by atoms with van der Waals surface area (Å²) in [5.41, 5.74) is 9.58. The van der Waals surface area contributed by atoms with Crippen LogP contribution in [0.25, 0.3) is 0 Å². The number of ketones is 1. The molecule has 92 heavy (non-hydrogen) atoms. The quantitative estimate of drug-likeness (QED) is 0.0134. The molecule has 4 aliphatic heterocycles. The van der Waals surface area contributed by atoms with Crippen molar-refractivity contribution in [3.63, 3.8) is 0 Å². The van der Waals surface area contributed by atoms with Crippen LogP contribution in [0.15, 0.2) is 59.2 Å². The number of aliphatic hydroxyl groups is 5. The van der Waals surface area contributed by atoms with Crippen LogP contribution in [-0.4, -0.2) is 212 Å². The number of hydroxylamine groups is 1. The maximum Gasteiger partial charge on any atom is 0.310 e. The van der Waals surface area contributed by atoms with Crippen molar-refractivity contribution >= 4 is 78.5 Å². The van der Waals surface area contributed by atoms with E-state index in [1.165, 1.54) is 51.4 Å². The third kappa shape index (κ3) is 16.7. The molecule has 0 spiro atoms. The number of anilines is 1. The van der Waals surface area contributed by atoms with E-state index in [-0.39, 0.29) is 76.9 Å². The second-order valence-electron chi connectivity index (χ2n) is 23.3. The molecule has 2 aromatic carbocycles. The van der Waals surface area contributed by atoms with Crippen molar-refractivity contribution in [2.24, 2.45) is 0 Å². The number of methoxy groups -OCH3 is 5. The number of fused-ring (bicyclic) bond motifs is 2. The Morgan fingerprint density at radius 3 is 2.27 bits per heavy atom. The highest BCUT2D eigenvalue weighted by molar-refractivity contribution is 14.1. The lowest BCUT2D eigenvalue weighted by Crippen LogP contribution is -2.65. The molecule has 0 unspecified atom stereocenters. The van der Waals surface area contributed by atoms with Gasteiger partial charge in [-0.05, 0) is 100 Å². The number of para-hydroxylation sites is 1. The van der Waals surface area contributed by atoms with Crippen LogP contribution >= 0.6 is 55.9 Å². The molecule has 0 aromatic heterocycles. The van der Waals surface area contributed by atoms with Crippen LogP contribution in [0.3, 0.4) is 0 Å². The van der Waals surface area contributed by atoms with E-state index >= 15 is 0 Å². The Bertz CT molecular complexity index is 3180. The number of allylic oxidation sites excluding steroid dienone is 2. The lowest BCUT2D eigenvalue weighted by molar-refractivity contribution is -0.336. The van der Waals surface area contributed by atoms with E-state index in [0.29, 0.717) is 21.4 Å². The number of nitrogens with one attached hydrogen (secondary N) is 2. The van der Waals surface area contributed by atoms with Gasteiger partial charge in [-0.3, -0.25) is 19.2 Å². The van der Waals surface area contributed by atoms with Gasteiger partial charge in [-0.25, -0.2) is 0 Å². The van der Waals surface area contributed by atoms with Crippen LogP contribution < -0.4 is 30.7 Å². The lowest BCUT2D eigenvalue weighted by atomic mass is 9.72. The number of benzene rings is 2. The Morgan fingerprint density at radius 2 is 1.60 bits per heavy atom. The molecule has 2 aliphatic carbocycles. The zero-order valence-corrected chi connectivity index (χ0v) is 57.9. The van der Waals surface area contributed by atoms with E-state index < -0.39 is 138 Å². The first-order chi connectivity index (χ1) is 43.8. The summed E-state index contributed by atoms with van der Waals surface area (Å²) in [7, 11) is 9.88. The van der Waals surface area contributed by atoms with Crippen molar-refractivity contribution in [2.75, 3.05) is 60.2 Å². The highest BCUT2D eigenvalue weighted by Gasteiger charge is 2.52. The lowest BCUT2D eigenvalue weighted by Gasteiger charge is -2.46. The molecular formula is C64H84IN3O21S3. The molecule has 2 bridgehead atoms. The van der Waals surface area contributed by atoms with Crippen molar-refractivity contribution in [3.8, 4) is 40.9 Å². The summed E-state index contributed by atoms with van der Waals surface area (Å²) in [4.78, 5) is 48.3. The van der Waals surface area contributed by atoms with Crippen LogP contribution in [0.2, 0.25) is 0 Å². The Balaban J connectivity index is 1.04. The predicted molar refractivity (Wildman–Crippen MR) is 351 cm³/mol. The van der Waals surface area contributed by atoms with E-state index in [0.717, 1.165) is 17.3 Å². The van der Waals surface area contributed by atoms with Gasteiger partial charge in [-0.15, -0.1) is 0 Å². The van der Waals surface area contributed by atoms with Crippen LogP contribution in [0, 0.1) is 34.2 Å². The number of hydrogen-bond donors (Lipinski definition) is 8. The molecule has 0 saturated carbocycles. The standard InChI is InChI=1S/C64H84IN3O21S3/c1-13-67-39-30-82-45(28-43(39)77-8)87-57-52(73)50(68-89-46-27-40(69)59(34(5)83-46)91-60(75)47-31(2)49(65)55(58(81-12)54(47)79-10)88-61-53(74)56(80-11)51(72)33(4)85-61)32(3)84-62(57)86-42-22-16-14-15-19-24-64(76)29-41(70)35(26-44(71)78-9)48(42)37(64)23-25-90-92-63(6,7)36-20-17-18-21-38(36)66/h14-15,17-18,20-21,23,32-34,39-40,42-43,45-46,50-53,56-57,59,61-62,67-69,72-74,76H,13,25-30,66H2,1-12H3/b15-14-,37-23+/t32-,33+,34-,39+,40+,42+,43+,45+,46+,50-,51+,52+,53-,56-,57-,59-,61+,62+,64+/m1/s1. The fraction of sp³-hybridized carbons (Fsp3) is 0.609. The number of carbonyl (C=O) groups is 3. The van der Waals surface area contributed by atoms with Crippen molar-refractivity contribution in [3.05, 3.63) is 79.5 Å². The van der Waals surface area contributed by atoms with Crippen LogP contribution in [0.4, 0.5) is 5.69 Å². The average molecular weight is 1450 g/mol. The SMILES string of the molecule is CCN[C@H]1CO[C@@H](O[C@H]2[C@H](O[C@H]3C#C/C=C\C#C[C@]4(O)CC(=O)C(CC(=O)OC)=C3/C4=C\CSSC(C)(C)c3ccccc3N)O[C@H](C)[C@@H](NO[C@H]3C[C@H](O)[C@H](SC(=O)c4c(C)c(I)c(O[C@@H]5O[C@@H](C)[C@H](O)[C@@H](OC)[C@H]5O)c(OC)c4OC)[C@@H](C)O3)[C@@H]2O)C[C@@H]1OC. The van der Waals surface area contributed by atoms with Gasteiger partial charge in [0.05, 0.1) is 97.8 Å². The summed E-state index contributed by atoms with van der Waals surface area (Å²) >= 11 is 2.83. The van der Waals surface area contributed by atoms with Gasteiger partial charge in [-0.2, -0.15) is 5.48 Å². The number of aliphatic hydroxyl groups excluding tert-OH is 4. The van der Waals surface area contributed by atoms with E-state index in [1.54, 1.807) is 51.7 Å². The molecule has 4 heterocycles. The van der Waals surface area contributed by atoms with Crippen LogP contribution in [0.1, 0.15) is 88.7 Å². The van der Waals surface area contributed by atoms with Crippen molar-refractivity contribution < 1.29 is 102 Å². The van der Waals surface area contributed by atoms with Gasteiger partial charge in [-0.1, -0.05) is 88.2 Å². The molecule has 28 heteroatoms. The fourth-order valence-electron chi connectivity index (χ4n) is 11.9. The number of nitrogens with two attached hydrogens (primary N) is 1. The smallest absolute Gasteiger partial charge is 0.310 e. The predicted octanol–water partition coefficient (Wildman–Crippen LogP) is 4.69. The summed E-state index contributed by atoms with van der Waals surface area (Å²) in [5.74, 6) is 10.8. The first-order valence-corrected chi connectivity index (χ1v) is 34.4. The number of ether oxygens (including phenoxy) is 12. The molecule has 19 atom stereocenters. The minimum absolute atomic E-state index is 0.0245. The maximum atomic E-state index is 14.5. The van der Waals surface area contributed by atoms with Crippen LogP contribution in [-0.2, 0) is 61.8 Å². The summed E-state index contributed by atoms with van der Waals surface area (Å²) in [5, 5.41) is 60.8. The van der Waals surface area contributed by atoms with Gasteiger partial charge in [0, 0.05) is 60.0 Å². The Kier molecular flexibility index (Phi) is 26.3. The Hall–Kier alpha value is -4.07. The summed E-state index contributed by atoms with van der Waals surface area (Å²) < 4.78 is 72.8. The Labute approximate surface area is 562 Å². The minimum Gasteiger partial charge on any atom is -0.492 e. The second kappa shape index (κ2) is 32.8. The van der Waals surface area contributed by atoms with Gasteiger partial charge < -0.3 is 93.4 Å². The van der Waals surface area contributed by atoms with Crippen molar-refractivity contribution in [2.45, 2.75) is 194 Å². The Morgan fingerprint density at radius 1 is 0.880 bits per heavy atom. The van der Waals surface area contributed by atoms with E-state index in [9.17, 15) is 39.9 Å². The number of esters is 1. The highest BCUT2D eigenvalue weighted by Crippen LogP contribution is 2.50. The minimum atomic E-state index is -2.08. The maximum absolute atomic E-state index is 14.5. The van der Waals surface area contributed by atoms with E-state index in [2.05, 4.69) is 34.5 Å². The third-order valence-electron chi connectivity index (χ3n) is 16.8. The van der Waals surface area contributed by atoms with E-state index in [1.807, 2.05) is 67.6 Å². The van der Waals surface area contributed by atoms with Gasteiger partial charge in [0.25, 0.3) is 0 Å². The normalized spacial score (nSPS) is 34.0. The number of likely N-dealkylation sites (N-methyl/N-ethyl adjacent to an activating group) is 1. The van der Waals surface area contributed by atoms with Gasteiger partial charge in [0.15, 0.2) is 41.8 Å². The summed E-state index contributed by atoms with van der Waals surface area (Å²) in [6, 6.07) is 6.30. The van der Waals surface area contributed by atoms with Gasteiger partial charge >= 0.3 is 5.97 Å². The molecule has 6 aliphatic rings. The monoisotopic (exact) mass is 1450 g/mol. The molecule has 0 amide bonds. The molecule has 4 saturated heterocycles. The topological polar surface area (TPSA) is 322 Å². The van der Waals surface area contributed by atoms with Crippen LogP contribution in [0.5, 0.6) is 17.2 Å². The van der Waals surface area contributed by atoms with E-state index in [4.69, 9.17) is 67.4 Å². The molecule has 24 nitrogen and oxygen atoms in total.